The summed E-state index contributed by atoms with van der Waals surface area (Å²) in [5.74, 6) is 1.15. The summed E-state index contributed by atoms with van der Waals surface area (Å²) in [5.41, 5.74) is 2.66. The largest absolute Gasteiger partial charge is 0.495 e. The first-order chi connectivity index (χ1) is 10.7. The Kier molecular flexibility index (Phi) is 3.89. The second-order valence-electron chi connectivity index (χ2n) is 5.05. The Morgan fingerprint density at radius 1 is 1.14 bits per heavy atom. The van der Waals surface area contributed by atoms with E-state index < -0.39 is 6.10 Å². The minimum Gasteiger partial charge on any atom is -0.495 e. The maximum atomic E-state index is 10.6. The average molecular weight is 295 g/mol. The molecule has 1 N–H and O–H groups in total. The predicted molar refractivity (Wildman–Crippen MR) is 83.2 cm³/mol. The number of aryl methyl sites for hydroxylation is 1. The lowest BCUT2D eigenvalue weighted by molar-refractivity contribution is 0.207. The Balaban J connectivity index is 2.08. The Hall–Kier alpha value is -2.66. The van der Waals surface area contributed by atoms with Gasteiger partial charge in [-0.3, -0.25) is 4.57 Å². The van der Waals surface area contributed by atoms with E-state index in [0.29, 0.717) is 11.6 Å². The Bertz CT molecular complexity index is 769. The Labute approximate surface area is 128 Å². The molecule has 0 aliphatic heterocycles. The molecule has 0 bridgehead atoms. The van der Waals surface area contributed by atoms with Crippen molar-refractivity contribution in [3.8, 4) is 11.4 Å². The molecule has 5 heteroatoms. The maximum absolute atomic E-state index is 10.6. The zero-order chi connectivity index (χ0) is 15.5. The lowest BCUT2D eigenvalue weighted by Gasteiger charge is -2.15. The Morgan fingerprint density at radius 2 is 1.91 bits per heavy atom. The molecule has 1 aromatic heterocycles. The van der Waals surface area contributed by atoms with Crippen LogP contribution in [0.5, 0.6) is 5.75 Å². The fourth-order valence-corrected chi connectivity index (χ4v) is 2.39. The zero-order valence-corrected chi connectivity index (χ0v) is 12.5. The van der Waals surface area contributed by atoms with Crippen LogP contribution in [0.25, 0.3) is 5.69 Å². The van der Waals surface area contributed by atoms with E-state index in [1.807, 2.05) is 55.5 Å². The summed E-state index contributed by atoms with van der Waals surface area (Å²) >= 11 is 0. The number of rotatable bonds is 4. The van der Waals surface area contributed by atoms with Gasteiger partial charge in [0.1, 0.15) is 18.2 Å². The highest BCUT2D eigenvalue weighted by molar-refractivity contribution is 5.49. The van der Waals surface area contributed by atoms with Crippen LogP contribution >= 0.6 is 0 Å². The minimum absolute atomic E-state index is 0.454. The lowest BCUT2D eigenvalue weighted by atomic mass is 10.1. The molecule has 1 atom stereocenters. The second kappa shape index (κ2) is 5.99. The van der Waals surface area contributed by atoms with Gasteiger partial charge in [-0.15, -0.1) is 10.2 Å². The van der Waals surface area contributed by atoms with Gasteiger partial charge < -0.3 is 9.84 Å². The molecule has 112 valence electrons. The van der Waals surface area contributed by atoms with Crippen molar-refractivity contribution < 1.29 is 9.84 Å². The van der Waals surface area contributed by atoms with Crippen molar-refractivity contribution in [3.63, 3.8) is 0 Å². The molecule has 0 amide bonds. The molecule has 22 heavy (non-hydrogen) atoms. The van der Waals surface area contributed by atoms with E-state index in [9.17, 15) is 5.11 Å². The van der Waals surface area contributed by atoms with E-state index in [-0.39, 0.29) is 0 Å². The van der Waals surface area contributed by atoms with Crippen LogP contribution in [0.15, 0.2) is 54.9 Å². The van der Waals surface area contributed by atoms with E-state index in [1.165, 1.54) is 0 Å². The summed E-state index contributed by atoms with van der Waals surface area (Å²) in [5, 5.41) is 18.6. The van der Waals surface area contributed by atoms with Crippen LogP contribution in [0.4, 0.5) is 0 Å². The standard InChI is InChI=1S/C17H17N3O2/c1-12-8-9-15(22-2)14(10-12)20-11-18-19-17(20)16(21)13-6-4-3-5-7-13/h3-11,16,21H,1-2H3/t16-/m0/s1. The van der Waals surface area contributed by atoms with E-state index in [1.54, 1.807) is 18.0 Å². The highest BCUT2D eigenvalue weighted by Crippen LogP contribution is 2.28. The molecule has 3 rings (SSSR count). The lowest BCUT2D eigenvalue weighted by Crippen LogP contribution is -2.09. The van der Waals surface area contributed by atoms with Crippen LogP contribution in [0.2, 0.25) is 0 Å². The summed E-state index contributed by atoms with van der Waals surface area (Å²) in [6.45, 7) is 2.00. The molecule has 5 nitrogen and oxygen atoms in total. The van der Waals surface area contributed by atoms with Crippen LogP contribution < -0.4 is 4.74 Å². The third kappa shape index (κ3) is 2.58. The van der Waals surface area contributed by atoms with Gasteiger partial charge in [0.2, 0.25) is 0 Å². The molecule has 0 fully saturated rings. The maximum Gasteiger partial charge on any atom is 0.171 e. The summed E-state index contributed by atoms with van der Waals surface area (Å²) in [6.07, 6.45) is 0.729. The molecule has 0 radical (unpaired) electrons. The predicted octanol–water partition coefficient (Wildman–Crippen LogP) is 2.67. The van der Waals surface area contributed by atoms with Crippen LogP contribution in [-0.4, -0.2) is 27.0 Å². The van der Waals surface area contributed by atoms with Gasteiger partial charge in [-0.05, 0) is 30.2 Å². The molecule has 3 aromatic rings. The molecule has 2 aromatic carbocycles. The quantitative estimate of drug-likeness (QED) is 0.804. The number of hydrogen-bond acceptors (Lipinski definition) is 4. The van der Waals surface area contributed by atoms with Crippen molar-refractivity contribution in [2.24, 2.45) is 0 Å². The number of hydrogen-bond donors (Lipinski definition) is 1. The molecule has 1 heterocycles. The number of nitrogens with zero attached hydrogens (tertiary/aromatic N) is 3. The van der Waals surface area contributed by atoms with Crippen LogP contribution in [0.1, 0.15) is 23.1 Å². The van der Waals surface area contributed by atoms with Gasteiger partial charge in [0.25, 0.3) is 0 Å². The number of aliphatic hydroxyl groups is 1. The molecular formula is C17H17N3O2. The minimum atomic E-state index is -0.853. The van der Waals surface area contributed by atoms with E-state index in [0.717, 1.165) is 16.8 Å². The normalized spacial score (nSPS) is 12.1. The van der Waals surface area contributed by atoms with Crippen molar-refractivity contribution in [2.75, 3.05) is 7.11 Å². The summed E-state index contributed by atoms with van der Waals surface area (Å²) in [6, 6.07) is 15.2. The molecule has 0 unspecified atom stereocenters. The van der Waals surface area contributed by atoms with E-state index >= 15 is 0 Å². The van der Waals surface area contributed by atoms with Gasteiger partial charge in [0.05, 0.1) is 12.8 Å². The number of aliphatic hydroxyl groups excluding tert-OH is 1. The summed E-state index contributed by atoms with van der Waals surface area (Å²) in [7, 11) is 1.62. The van der Waals surface area contributed by atoms with Crippen molar-refractivity contribution >= 4 is 0 Å². The van der Waals surface area contributed by atoms with Crippen LogP contribution in [0.3, 0.4) is 0 Å². The first kappa shape index (κ1) is 14.3. The van der Waals surface area contributed by atoms with Crippen LogP contribution in [-0.2, 0) is 0 Å². The molecule has 0 aliphatic carbocycles. The van der Waals surface area contributed by atoms with Gasteiger partial charge in [0, 0.05) is 0 Å². The molecule has 0 aliphatic rings. The zero-order valence-electron chi connectivity index (χ0n) is 12.5. The van der Waals surface area contributed by atoms with Crippen molar-refractivity contribution in [3.05, 3.63) is 71.8 Å². The van der Waals surface area contributed by atoms with Crippen molar-refractivity contribution in [1.29, 1.82) is 0 Å². The monoisotopic (exact) mass is 295 g/mol. The third-order valence-corrected chi connectivity index (χ3v) is 3.53. The number of aromatic nitrogens is 3. The van der Waals surface area contributed by atoms with Gasteiger partial charge in [0.15, 0.2) is 5.82 Å². The van der Waals surface area contributed by atoms with Gasteiger partial charge >= 0.3 is 0 Å². The smallest absolute Gasteiger partial charge is 0.171 e. The van der Waals surface area contributed by atoms with E-state index in [4.69, 9.17) is 4.74 Å². The third-order valence-electron chi connectivity index (χ3n) is 3.53. The first-order valence-corrected chi connectivity index (χ1v) is 6.98. The fourth-order valence-electron chi connectivity index (χ4n) is 2.39. The van der Waals surface area contributed by atoms with Gasteiger partial charge in [-0.2, -0.15) is 0 Å². The Morgan fingerprint density at radius 3 is 2.64 bits per heavy atom. The molecule has 0 saturated heterocycles. The number of ether oxygens (including phenoxy) is 1. The molecule has 0 saturated carbocycles. The second-order valence-corrected chi connectivity index (χ2v) is 5.05. The number of methoxy groups -OCH3 is 1. The van der Waals surface area contributed by atoms with E-state index in [2.05, 4.69) is 10.2 Å². The van der Waals surface area contributed by atoms with Crippen molar-refractivity contribution in [2.45, 2.75) is 13.0 Å². The van der Waals surface area contributed by atoms with Gasteiger partial charge in [-0.25, -0.2) is 0 Å². The molecule has 0 spiro atoms. The van der Waals surface area contributed by atoms with Crippen molar-refractivity contribution in [1.82, 2.24) is 14.8 Å². The molecular weight excluding hydrogens is 278 g/mol. The summed E-state index contributed by atoms with van der Waals surface area (Å²) < 4.78 is 7.16. The van der Waals surface area contributed by atoms with Crippen LogP contribution in [0, 0.1) is 6.92 Å². The fraction of sp³-hybridized carbons (Fsp3) is 0.176. The summed E-state index contributed by atoms with van der Waals surface area (Å²) in [4.78, 5) is 0. The highest BCUT2D eigenvalue weighted by atomic mass is 16.5. The number of benzene rings is 2. The first-order valence-electron chi connectivity index (χ1n) is 6.98. The average Bonchev–Trinajstić information content (AvgIpc) is 3.04. The highest BCUT2D eigenvalue weighted by Gasteiger charge is 2.19. The SMILES string of the molecule is COc1ccc(C)cc1-n1cnnc1[C@@H](O)c1ccccc1. The van der Waals surface area contributed by atoms with Gasteiger partial charge in [-0.1, -0.05) is 36.4 Å². The topological polar surface area (TPSA) is 60.2 Å².